The number of rotatable bonds is 4. The molecular weight excluding hydrogens is 310 g/mol. The van der Waals surface area contributed by atoms with Crippen molar-refractivity contribution in [3.63, 3.8) is 0 Å². The molecule has 0 amide bonds. The Balaban J connectivity index is 1.81. The molecule has 0 aliphatic carbocycles. The first-order valence-electron chi connectivity index (χ1n) is 8.15. The lowest BCUT2D eigenvalue weighted by Crippen LogP contribution is -2.23. The van der Waals surface area contributed by atoms with E-state index < -0.39 is 0 Å². The molecule has 3 aromatic rings. The Morgan fingerprint density at radius 1 is 0.960 bits per heavy atom. The van der Waals surface area contributed by atoms with E-state index in [1.54, 1.807) is 0 Å². The van der Waals surface area contributed by atoms with Crippen LogP contribution in [-0.4, -0.2) is 15.9 Å². The van der Waals surface area contributed by atoms with Crippen LogP contribution in [0.1, 0.15) is 22.5 Å². The van der Waals surface area contributed by atoms with E-state index in [9.17, 15) is 0 Å². The molecule has 3 rings (SSSR count). The molecule has 1 aromatic heterocycles. The highest BCUT2D eigenvalue weighted by atomic mass is 15.2. The highest BCUT2D eigenvalue weighted by Crippen LogP contribution is 2.19. The minimum atomic E-state index is 0.269. The van der Waals surface area contributed by atoms with Crippen molar-refractivity contribution >= 4 is 17.6 Å². The number of para-hydroxylation sites is 1. The molecule has 25 heavy (non-hydrogen) atoms. The lowest BCUT2D eigenvalue weighted by Gasteiger charge is -2.11. The van der Waals surface area contributed by atoms with Gasteiger partial charge in [0, 0.05) is 17.1 Å². The number of aryl methyl sites for hydroxylation is 2. The van der Waals surface area contributed by atoms with Crippen molar-refractivity contribution in [2.75, 3.05) is 5.32 Å². The topological polar surface area (TPSA) is 76.2 Å². The Hall–Kier alpha value is -3.21. The molecule has 0 unspecified atom stereocenters. The first-order chi connectivity index (χ1) is 12.1. The minimum Gasteiger partial charge on any atom is -0.369 e. The molecule has 0 spiro atoms. The van der Waals surface area contributed by atoms with Gasteiger partial charge in [-0.3, -0.25) is 0 Å². The van der Waals surface area contributed by atoms with E-state index in [0.717, 1.165) is 29.1 Å². The average Bonchev–Trinajstić information content (AvgIpc) is 2.56. The van der Waals surface area contributed by atoms with Crippen molar-refractivity contribution in [3.8, 4) is 0 Å². The van der Waals surface area contributed by atoms with Gasteiger partial charge in [-0.25, -0.2) is 9.97 Å². The van der Waals surface area contributed by atoms with E-state index in [2.05, 4.69) is 38.5 Å². The molecule has 0 radical (unpaired) electrons. The third-order valence-corrected chi connectivity index (χ3v) is 3.71. The molecule has 126 valence electrons. The summed E-state index contributed by atoms with van der Waals surface area (Å²) in [6.07, 6.45) is 0.817. The number of nitrogens with one attached hydrogen (secondary N) is 1. The molecule has 0 aliphatic heterocycles. The fourth-order valence-electron chi connectivity index (χ4n) is 2.64. The maximum atomic E-state index is 6.06. The third-order valence-electron chi connectivity index (χ3n) is 3.71. The summed E-state index contributed by atoms with van der Waals surface area (Å²) in [7, 11) is 0. The van der Waals surface area contributed by atoms with E-state index in [1.807, 2.05) is 56.3 Å². The number of aromatic nitrogens is 2. The summed E-state index contributed by atoms with van der Waals surface area (Å²) >= 11 is 0. The normalized spacial score (nSPS) is 11.4. The number of aliphatic imine (C=N–C) groups is 1. The van der Waals surface area contributed by atoms with Gasteiger partial charge >= 0.3 is 0 Å². The molecule has 0 bridgehead atoms. The van der Waals surface area contributed by atoms with Crippen molar-refractivity contribution in [2.24, 2.45) is 10.7 Å². The maximum Gasteiger partial charge on any atom is 0.253 e. The number of anilines is 1. The second-order valence-electron chi connectivity index (χ2n) is 5.89. The number of nitrogens with zero attached hydrogens (tertiary/aromatic N) is 3. The Bertz CT molecular complexity index is 867. The molecule has 0 saturated heterocycles. The van der Waals surface area contributed by atoms with E-state index in [4.69, 9.17) is 5.73 Å². The number of hydrogen-bond acceptors (Lipinski definition) is 3. The van der Waals surface area contributed by atoms with Gasteiger partial charge in [0.1, 0.15) is 0 Å². The predicted molar refractivity (Wildman–Crippen MR) is 102 cm³/mol. The van der Waals surface area contributed by atoms with Gasteiger partial charge in [-0.05, 0) is 43.5 Å². The lowest BCUT2D eigenvalue weighted by molar-refractivity contribution is 1.04. The van der Waals surface area contributed by atoms with Crippen LogP contribution in [0.3, 0.4) is 0 Å². The van der Waals surface area contributed by atoms with Gasteiger partial charge in [-0.2, -0.15) is 4.99 Å². The summed E-state index contributed by atoms with van der Waals surface area (Å²) in [4.78, 5) is 12.9. The largest absolute Gasteiger partial charge is 0.369 e. The highest BCUT2D eigenvalue weighted by molar-refractivity contribution is 5.94. The number of guanidine groups is 1. The smallest absolute Gasteiger partial charge is 0.253 e. The van der Waals surface area contributed by atoms with Crippen LogP contribution in [0.2, 0.25) is 0 Å². The molecule has 0 fully saturated rings. The zero-order valence-electron chi connectivity index (χ0n) is 14.4. The molecule has 3 N–H and O–H groups in total. The van der Waals surface area contributed by atoms with Gasteiger partial charge in [0.05, 0.1) is 0 Å². The summed E-state index contributed by atoms with van der Waals surface area (Å²) in [5, 5.41) is 3.17. The van der Waals surface area contributed by atoms with E-state index >= 15 is 0 Å². The lowest BCUT2D eigenvalue weighted by atomic mass is 10.0. The zero-order valence-corrected chi connectivity index (χ0v) is 14.4. The molecule has 2 aromatic carbocycles. The van der Waals surface area contributed by atoms with Gasteiger partial charge in [0.2, 0.25) is 5.96 Å². The fraction of sp³-hybridized carbons (Fsp3) is 0.150. The first-order valence-corrected chi connectivity index (χ1v) is 8.15. The van der Waals surface area contributed by atoms with Crippen LogP contribution < -0.4 is 11.1 Å². The Labute approximate surface area is 147 Å². The second-order valence-corrected chi connectivity index (χ2v) is 5.89. The molecule has 0 saturated carbocycles. The van der Waals surface area contributed by atoms with Gasteiger partial charge < -0.3 is 11.1 Å². The third kappa shape index (κ3) is 4.64. The van der Waals surface area contributed by atoms with Crippen LogP contribution >= 0.6 is 0 Å². The van der Waals surface area contributed by atoms with Crippen LogP contribution in [0.5, 0.6) is 0 Å². The second kappa shape index (κ2) is 7.57. The van der Waals surface area contributed by atoms with Crippen molar-refractivity contribution in [3.05, 3.63) is 83.2 Å². The van der Waals surface area contributed by atoms with Crippen molar-refractivity contribution in [1.29, 1.82) is 0 Å². The fourth-order valence-corrected chi connectivity index (χ4v) is 2.64. The van der Waals surface area contributed by atoms with Crippen LogP contribution in [-0.2, 0) is 6.42 Å². The standard InChI is InChI=1S/C20H21N5/c1-14-12-15(2)23-20(22-14)25-19(21)24-18-11-7-6-10-17(18)13-16-8-4-3-5-9-16/h3-12H,13H2,1-2H3,(H3,21,22,23,24,25). The van der Waals surface area contributed by atoms with Crippen molar-refractivity contribution in [1.82, 2.24) is 9.97 Å². The summed E-state index contributed by atoms with van der Waals surface area (Å²) in [5.41, 5.74) is 11.1. The molecule has 5 nitrogen and oxygen atoms in total. The summed E-state index contributed by atoms with van der Waals surface area (Å²) in [6.45, 7) is 3.82. The monoisotopic (exact) mass is 331 g/mol. The number of benzene rings is 2. The SMILES string of the molecule is Cc1cc(C)nc(/N=C(/N)Nc2ccccc2Cc2ccccc2)n1. The molecule has 0 aliphatic rings. The first kappa shape index (κ1) is 16.6. The Kier molecular flexibility index (Phi) is 5.04. The van der Waals surface area contributed by atoms with Gasteiger partial charge in [0.25, 0.3) is 5.95 Å². The Morgan fingerprint density at radius 2 is 1.60 bits per heavy atom. The number of nitrogens with two attached hydrogens (primary N) is 1. The summed E-state index contributed by atoms with van der Waals surface area (Å²) in [5.74, 6) is 0.633. The quantitative estimate of drug-likeness (QED) is 0.564. The van der Waals surface area contributed by atoms with Crippen LogP contribution in [0.25, 0.3) is 0 Å². The van der Waals surface area contributed by atoms with Gasteiger partial charge in [-0.1, -0.05) is 48.5 Å². The minimum absolute atomic E-state index is 0.269. The summed E-state index contributed by atoms with van der Waals surface area (Å²) in [6, 6.07) is 20.3. The van der Waals surface area contributed by atoms with Crippen LogP contribution in [0.4, 0.5) is 11.6 Å². The van der Waals surface area contributed by atoms with Gasteiger partial charge in [-0.15, -0.1) is 0 Å². The number of hydrogen-bond donors (Lipinski definition) is 2. The maximum absolute atomic E-state index is 6.06. The van der Waals surface area contributed by atoms with Crippen molar-refractivity contribution in [2.45, 2.75) is 20.3 Å². The predicted octanol–water partition coefficient (Wildman–Crippen LogP) is 3.74. The molecule has 0 atom stereocenters. The highest BCUT2D eigenvalue weighted by Gasteiger charge is 2.05. The zero-order chi connectivity index (χ0) is 17.6. The van der Waals surface area contributed by atoms with Crippen LogP contribution in [0.15, 0.2) is 65.7 Å². The van der Waals surface area contributed by atoms with Gasteiger partial charge in [0.15, 0.2) is 0 Å². The van der Waals surface area contributed by atoms with E-state index in [1.165, 1.54) is 5.56 Å². The molecule has 1 heterocycles. The Morgan fingerprint density at radius 3 is 2.32 bits per heavy atom. The van der Waals surface area contributed by atoms with E-state index in [0.29, 0.717) is 5.95 Å². The van der Waals surface area contributed by atoms with Crippen LogP contribution in [0, 0.1) is 13.8 Å². The molecule has 5 heteroatoms. The summed E-state index contributed by atoms with van der Waals surface area (Å²) < 4.78 is 0. The molecular formula is C20H21N5. The average molecular weight is 331 g/mol. The van der Waals surface area contributed by atoms with E-state index in [-0.39, 0.29) is 5.96 Å². The van der Waals surface area contributed by atoms with Crippen molar-refractivity contribution < 1.29 is 0 Å².